The lowest BCUT2D eigenvalue weighted by molar-refractivity contribution is 0.592. The van der Waals surface area contributed by atoms with E-state index in [0.717, 1.165) is 6.42 Å². The average Bonchev–Trinajstić information content (AvgIpc) is 2.21. The van der Waals surface area contributed by atoms with Crippen LogP contribution in [-0.2, 0) is 0 Å². The van der Waals surface area contributed by atoms with Gasteiger partial charge in [-0.05, 0) is 19.3 Å². The smallest absolute Gasteiger partial charge is 0.0172 e. The van der Waals surface area contributed by atoms with Crippen molar-refractivity contribution in [3.63, 3.8) is 0 Å². The molecule has 0 rings (SSSR count). The summed E-state index contributed by atoms with van der Waals surface area (Å²) in [6.45, 7) is 5.95. The number of allylic oxidation sites excluding steroid dienone is 3. The normalized spacial score (nSPS) is 10.9. The molecule has 82 valence electrons. The molecule has 0 fully saturated rings. The van der Waals surface area contributed by atoms with Gasteiger partial charge in [0, 0.05) is 0 Å². The molecule has 0 saturated heterocycles. The highest BCUT2D eigenvalue weighted by Gasteiger charge is 1.88. The van der Waals surface area contributed by atoms with Crippen LogP contribution in [0.1, 0.15) is 64.7 Å². The maximum atomic E-state index is 3.69. The van der Waals surface area contributed by atoms with Gasteiger partial charge in [0.2, 0.25) is 0 Å². The van der Waals surface area contributed by atoms with E-state index in [4.69, 9.17) is 0 Å². The number of rotatable bonds is 10. The predicted octanol–water partition coefficient (Wildman–Crippen LogP) is 5.26. The quantitative estimate of drug-likeness (QED) is 0.329. The summed E-state index contributed by atoms with van der Waals surface area (Å²) in [5, 5.41) is 0. The first-order valence-electron chi connectivity index (χ1n) is 6.17. The topological polar surface area (TPSA) is 0 Å². The Labute approximate surface area is 90.1 Å². The first-order valence-corrected chi connectivity index (χ1v) is 6.17. The Morgan fingerprint density at radius 1 is 0.857 bits per heavy atom. The third-order valence-electron chi connectivity index (χ3n) is 2.44. The molecule has 0 amide bonds. The summed E-state index contributed by atoms with van der Waals surface area (Å²) in [6.07, 6.45) is 18.5. The van der Waals surface area contributed by atoms with Crippen molar-refractivity contribution in [2.75, 3.05) is 0 Å². The molecule has 0 heterocycles. The number of hydrogen-bond acceptors (Lipinski definition) is 0. The van der Waals surface area contributed by atoms with Crippen molar-refractivity contribution in [1.29, 1.82) is 0 Å². The van der Waals surface area contributed by atoms with Gasteiger partial charge in [0.05, 0.1) is 0 Å². The zero-order valence-corrected chi connectivity index (χ0v) is 9.80. The molecule has 0 spiro atoms. The van der Waals surface area contributed by atoms with Crippen LogP contribution in [0.2, 0.25) is 0 Å². The van der Waals surface area contributed by atoms with Crippen molar-refractivity contribution < 1.29 is 0 Å². The van der Waals surface area contributed by atoms with Crippen molar-refractivity contribution in [3.05, 3.63) is 24.8 Å². The van der Waals surface area contributed by atoms with Crippen LogP contribution in [0.25, 0.3) is 0 Å². The molecule has 0 N–H and O–H groups in total. The van der Waals surface area contributed by atoms with Crippen LogP contribution in [0.3, 0.4) is 0 Å². The molecular weight excluding hydrogens is 168 g/mol. The van der Waals surface area contributed by atoms with Gasteiger partial charge in [0.25, 0.3) is 0 Å². The van der Waals surface area contributed by atoms with E-state index in [0.29, 0.717) is 0 Å². The van der Waals surface area contributed by atoms with Crippen LogP contribution in [-0.4, -0.2) is 0 Å². The molecule has 0 heteroatoms. The number of hydrogen-bond donors (Lipinski definition) is 0. The monoisotopic (exact) mass is 194 g/mol. The van der Waals surface area contributed by atoms with Crippen molar-refractivity contribution in [3.8, 4) is 0 Å². The molecule has 0 aliphatic rings. The largest absolute Gasteiger partial charge is 0.103 e. The van der Waals surface area contributed by atoms with Gasteiger partial charge in [-0.15, -0.1) is 6.58 Å². The molecule has 0 saturated carbocycles. The Kier molecular flexibility index (Phi) is 12.0. The molecule has 0 aromatic rings. The Bertz CT molecular complexity index is 133. The summed E-state index contributed by atoms with van der Waals surface area (Å²) in [7, 11) is 0. The minimum Gasteiger partial charge on any atom is -0.103 e. The summed E-state index contributed by atoms with van der Waals surface area (Å²) in [5.74, 6) is 0. The van der Waals surface area contributed by atoms with E-state index in [9.17, 15) is 0 Å². The maximum absolute atomic E-state index is 3.69. The van der Waals surface area contributed by atoms with E-state index in [-0.39, 0.29) is 0 Å². The third-order valence-corrected chi connectivity index (χ3v) is 2.44. The van der Waals surface area contributed by atoms with E-state index in [1.54, 1.807) is 0 Å². The van der Waals surface area contributed by atoms with Crippen molar-refractivity contribution in [1.82, 2.24) is 0 Å². The van der Waals surface area contributed by atoms with Gasteiger partial charge >= 0.3 is 0 Å². The fourth-order valence-corrected chi connectivity index (χ4v) is 1.53. The van der Waals surface area contributed by atoms with Crippen LogP contribution in [0.15, 0.2) is 24.8 Å². The molecule has 0 nitrogen and oxygen atoms in total. The van der Waals surface area contributed by atoms with Crippen LogP contribution in [0.5, 0.6) is 0 Å². The molecule has 0 aliphatic carbocycles. The van der Waals surface area contributed by atoms with Crippen molar-refractivity contribution in [2.24, 2.45) is 0 Å². The SMILES string of the molecule is C=CC/C=C\CCCCCCCCC. The zero-order chi connectivity index (χ0) is 10.5. The molecule has 0 atom stereocenters. The third kappa shape index (κ3) is 11.5. The lowest BCUT2D eigenvalue weighted by Gasteiger charge is -1.98. The lowest BCUT2D eigenvalue weighted by Crippen LogP contribution is -1.78. The molecule has 0 bridgehead atoms. The van der Waals surface area contributed by atoms with Crippen LogP contribution >= 0.6 is 0 Å². The zero-order valence-electron chi connectivity index (χ0n) is 9.80. The summed E-state index contributed by atoms with van der Waals surface area (Å²) < 4.78 is 0. The second kappa shape index (κ2) is 12.5. The average molecular weight is 194 g/mol. The summed E-state index contributed by atoms with van der Waals surface area (Å²) >= 11 is 0. The first-order chi connectivity index (χ1) is 6.91. The van der Waals surface area contributed by atoms with E-state index in [1.165, 1.54) is 51.4 Å². The maximum Gasteiger partial charge on any atom is -0.0172 e. The first kappa shape index (κ1) is 13.5. The highest BCUT2D eigenvalue weighted by molar-refractivity contribution is 4.87. The second-order valence-electron chi connectivity index (χ2n) is 3.91. The fourth-order valence-electron chi connectivity index (χ4n) is 1.53. The molecule has 0 aliphatic heterocycles. The summed E-state index contributed by atoms with van der Waals surface area (Å²) in [5.41, 5.74) is 0. The van der Waals surface area contributed by atoms with Gasteiger partial charge in [-0.2, -0.15) is 0 Å². The van der Waals surface area contributed by atoms with Gasteiger partial charge in [-0.25, -0.2) is 0 Å². The Balaban J connectivity index is 2.95. The van der Waals surface area contributed by atoms with Crippen LogP contribution in [0.4, 0.5) is 0 Å². The molecule has 0 aromatic carbocycles. The molecular formula is C14H26. The minimum atomic E-state index is 1.02. The van der Waals surface area contributed by atoms with Gasteiger partial charge in [-0.3, -0.25) is 0 Å². The van der Waals surface area contributed by atoms with Crippen molar-refractivity contribution >= 4 is 0 Å². The van der Waals surface area contributed by atoms with Gasteiger partial charge < -0.3 is 0 Å². The van der Waals surface area contributed by atoms with E-state index in [1.807, 2.05) is 6.08 Å². The van der Waals surface area contributed by atoms with Crippen LogP contribution in [0, 0.1) is 0 Å². The lowest BCUT2D eigenvalue weighted by atomic mass is 10.1. The minimum absolute atomic E-state index is 1.02. The number of unbranched alkanes of at least 4 members (excludes halogenated alkanes) is 7. The summed E-state index contributed by atoms with van der Waals surface area (Å²) in [4.78, 5) is 0. The van der Waals surface area contributed by atoms with Gasteiger partial charge in [0.1, 0.15) is 0 Å². The van der Waals surface area contributed by atoms with E-state index >= 15 is 0 Å². The van der Waals surface area contributed by atoms with Gasteiger partial charge in [-0.1, -0.05) is 63.7 Å². The Morgan fingerprint density at radius 3 is 2.14 bits per heavy atom. The van der Waals surface area contributed by atoms with Gasteiger partial charge in [0.15, 0.2) is 0 Å². The highest BCUT2D eigenvalue weighted by Crippen LogP contribution is 2.08. The predicted molar refractivity (Wildman–Crippen MR) is 66.6 cm³/mol. The fraction of sp³-hybridized carbons (Fsp3) is 0.714. The Morgan fingerprint density at radius 2 is 1.50 bits per heavy atom. The molecule has 0 aromatic heterocycles. The van der Waals surface area contributed by atoms with E-state index < -0.39 is 0 Å². The second-order valence-corrected chi connectivity index (χ2v) is 3.91. The van der Waals surface area contributed by atoms with Crippen molar-refractivity contribution in [2.45, 2.75) is 64.7 Å². The highest BCUT2D eigenvalue weighted by atomic mass is 13.9. The Hall–Kier alpha value is -0.520. The molecule has 0 unspecified atom stereocenters. The standard InChI is InChI=1S/C14H26/c1-3-5-7-9-11-13-14-12-10-8-6-4-2/h3,7,9H,1,4-6,8,10-14H2,2H3/b9-7-. The summed E-state index contributed by atoms with van der Waals surface area (Å²) in [6, 6.07) is 0. The van der Waals surface area contributed by atoms with E-state index in [2.05, 4.69) is 25.7 Å². The molecule has 0 radical (unpaired) electrons. The molecule has 14 heavy (non-hydrogen) atoms. The van der Waals surface area contributed by atoms with Crippen LogP contribution < -0.4 is 0 Å².